The van der Waals surface area contributed by atoms with Gasteiger partial charge in [0.2, 0.25) is 11.2 Å². The minimum Gasteiger partial charge on any atom is -0.337 e. The Morgan fingerprint density at radius 1 is 1.29 bits per heavy atom. The van der Waals surface area contributed by atoms with Crippen LogP contribution in [0.3, 0.4) is 0 Å². The van der Waals surface area contributed by atoms with Gasteiger partial charge in [0, 0.05) is 18.5 Å². The number of carbonyl (C=O) groups is 1. The first kappa shape index (κ1) is 13.9. The summed E-state index contributed by atoms with van der Waals surface area (Å²) in [6.07, 6.45) is 3.15. The van der Waals surface area contributed by atoms with E-state index < -0.39 is 0 Å². The first-order valence-corrected chi connectivity index (χ1v) is 6.88. The second-order valence-electron chi connectivity index (χ2n) is 4.41. The van der Waals surface area contributed by atoms with Crippen molar-refractivity contribution in [2.75, 3.05) is 5.32 Å². The molecule has 1 aromatic carbocycles. The van der Waals surface area contributed by atoms with E-state index in [1.165, 1.54) is 13.1 Å². The summed E-state index contributed by atoms with van der Waals surface area (Å²) in [5, 5.41) is 4.47. The smallest absolute Gasteiger partial charge is 0.228 e. The zero-order chi connectivity index (χ0) is 15.0. The zero-order valence-corrected chi connectivity index (χ0v) is 12.5. The number of fused-ring (bicyclic) bond motifs is 1. The van der Waals surface area contributed by atoms with Crippen LogP contribution in [0, 0.1) is 0 Å². The van der Waals surface area contributed by atoms with Crippen molar-refractivity contribution in [2.24, 2.45) is 0 Å². The topological polar surface area (TPSA) is 59.8 Å². The van der Waals surface area contributed by atoms with Crippen LogP contribution in [-0.4, -0.2) is 20.4 Å². The molecule has 3 rings (SSSR count). The van der Waals surface area contributed by atoms with Crippen LogP contribution in [-0.2, 0) is 0 Å². The van der Waals surface area contributed by atoms with Crippen LogP contribution < -0.4 is 5.32 Å². The van der Waals surface area contributed by atoms with Crippen molar-refractivity contribution in [3.63, 3.8) is 0 Å². The van der Waals surface area contributed by atoms with Gasteiger partial charge in [-0.25, -0.2) is 4.98 Å². The molecule has 0 saturated carbocycles. The number of hydrogen-bond donors (Lipinski definition) is 1. The minimum atomic E-state index is -0.0777. The Hall–Kier alpha value is -2.11. The normalized spacial score (nSPS) is 10.8. The monoisotopic (exact) mass is 320 g/mol. The number of para-hydroxylation sites is 1. The maximum absolute atomic E-state index is 11.7. The van der Waals surface area contributed by atoms with Crippen LogP contribution in [0.15, 0.2) is 36.7 Å². The van der Waals surface area contributed by atoms with Crippen LogP contribution in [0.4, 0.5) is 11.5 Å². The Labute approximate surface area is 130 Å². The number of nitrogens with one attached hydrogen (secondary N) is 1. The molecule has 3 aromatic rings. The molecule has 0 amide bonds. The summed E-state index contributed by atoms with van der Waals surface area (Å²) in [5.74, 6) is 0.312. The van der Waals surface area contributed by atoms with Gasteiger partial charge in [0.1, 0.15) is 5.02 Å². The fourth-order valence-electron chi connectivity index (χ4n) is 2.12. The molecule has 0 bridgehead atoms. The molecule has 0 aliphatic carbocycles. The van der Waals surface area contributed by atoms with E-state index in [1.807, 2.05) is 24.3 Å². The summed E-state index contributed by atoms with van der Waals surface area (Å²) >= 11 is 11.8. The number of hydrogen-bond acceptors (Lipinski definition) is 4. The number of carbonyl (C=O) groups excluding carboxylic acids is 1. The van der Waals surface area contributed by atoms with E-state index in [0.717, 1.165) is 10.9 Å². The molecule has 2 aromatic heterocycles. The lowest BCUT2D eigenvalue weighted by atomic mass is 10.2. The predicted molar refractivity (Wildman–Crippen MR) is 83.6 cm³/mol. The van der Waals surface area contributed by atoms with E-state index in [9.17, 15) is 4.79 Å². The van der Waals surface area contributed by atoms with Crippen molar-refractivity contribution in [1.29, 1.82) is 0 Å². The Balaban J connectivity index is 2.14. The fraction of sp³-hybridized carbons (Fsp3) is 0.0714. The van der Waals surface area contributed by atoms with Crippen molar-refractivity contribution >= 4 is 51.5 Å². The van der Waals surface area contributed by atoms with Gasteiger partial charge in [-0.2, -0.15) is 4.98 Å². The second kappa shape index (κ2) is 5.35. The summed E-state index contributed by atoms with van der Waals surface area (Å²) in [6.45, 7) is 1.50. The quantitative estimate of drug-likeness (QED) is 0.721. The highest BCUT2D eigenvalue weighted by atomic mass is 35.5. The molecule has 0 atom stereocenters. The maximum Gasteiger partial charge on any atom is 0.228 e. The molecule has 7 heteroatoms. The molecule has 0 aliphatic heterocycles. The summed E-state index contributed by atoms with van der Waals surface area (Å²) in [6, 6.07) is 7.52. The predicted octanol–water partition coefficient (Wildman–Crippen LogP) is 4.14. The van der Waals surface area contributed by atoms with E-state index in [1.54, 1.807) is 10.8 Å². The average Bonchev–Trinajstić information content (AvgIpc) is 2.88. The molecule has 0 radical (unpaired) electrons. The van der Waals surface area contributed by atoms with Crippen molar-refractivity contribution in [1.82, 2.24) is 14.5 Å². The van der Waals surface area contributed by atoms with Crippen molar-refractivity contribution in [3.8, 4) is 0 Å². The van der Waals surface area contributed by atoms with Crippen molar-refractivity contribution < 1.29 is 4.79 Å². The molecule has 0 spiro atoms. The average molecular weight is 321 g/mol. The molecular weight excluding hydrogens is 311 g/mol. The third-order valence-corrected chi connectivity index (χ3v) is 3.48. The van der Waals surface area contributed by atoms with E-state index in [2.05, 4.69) is 15.3 Å². The molecule has 21 heavy (non-hydrogen) atoms. The Morgan fingerprint density at radius 3 is 2.86 bits per heavy atom. The van der Waals surface area contributed by atoms with Gasteiger partial charge in [-0.3, -0.25) is 9.36 Å². The second-order valence-corrected chi connectivity index (χ2v) is 5.15. The van der Waals surface area contributed by atoms with Gasteiger partial charge < -0.3 is 5.32 Å². The van der Waals surface area contributed by atoms with E-state index >= 15 is 0 Å². The van der Waals surface area contributed by atoms with E-state index in [0.29, 0.717) is 16.5 Å². The number of anilines is 2. The number of aromatic nitrogens is 3. The largest absolute Gasteiger partial charge is 0.337 e. The third-order valence-electron chi connectivity index (χ3n) is 3.02. The molecule has 0 saturated heterocycles. The van der Waals surface area contributed by atoms with Crippen LogP contribution >= 0.6 is 23.2 Å². The lowest BCUT2D eigenvalue weighted by molar-refractivity contribution is 0.0942. The molecule has 0 unspecified atom stereocenters. The number of benzene rings is 1. The van der Waals surface area contributed by atoms with Gasteiger partial charge in [-0.15, -0.1) is 0 Å². The fourth-order valence-corrected chi connectivity index (χ4v) is 2.39. The van der Waals surface area contributed by atoms with Crippen LogP contribution in [0.5, 0.6) is 0 Å². The summed E-state index contributed by atoms with van der Waals surface area (Å²) < 4.78 is 1.56. The third kappa shape index (κ3) is 2.57. The van der Waals surface area contributed by atoms with E-state index in [4.69, 9.17) is 23.2 Å². The minimum absolute atomic E-state index is 0.0777. The van der Waals surface area contributed by atoms with Gasteiger partial charge in [0.05, 0.1) is 17.4 Å². The van der Waals surface area contributed by atoms with Crippen molar-refractivity contribution in [2.45, 2.75) is 6.92 Å². The van der Waals surface area contributed by atoms with Gasteiger partial charge in [0.15, 0.2) is 5.82 Å². The van der Waals surface area contributed by atoms with Crippen LogP contribution in [0.2, 0.25) is 10.3 Å². The SMILES string of the molecule is CC(=O)n1ccc2cccc(Nc3nc(Cl)ncc3Cl)c21. The molecule has 0 aliphatic rings. The molecular formula is C14H10Cl2N4O. The summed E-state index contributed by atoms with van der Waals surface area (Å²) in [4.78, 5) is 19.6. The standard InChI is InChI=1S/C14H10Cl2N4O/c1-8(21)20-6-5-9-3-2-4-11(12(9)20)18-13-10(15)7-17-14(16)19-13/h2-7H,1H3,(H,17,18,19). The van der Waals surface area contributed by atoms with Gasteiger partial charge in [-0.1, -0.05) is 23.7 Å². The molecule has 1 N–H and O–H groups in total. The molecule has 2 heterocycles. The summed E-state index contributed by atoms with van der Waals surface area (Å²) in [5.41, 5.74) is 1.47. The number of halogens is 2. The Morgan fingerprint density at radius 2 is 2.10 bits per heavy atom. The Bertz CT molecular complexity index is 844. The van der Waals surface area contributed by atoms with Crippen LogP contribution in [0.1, 0.15) is 11.7 Å². The molecule has 106 valence electrons. The first-order chi connectivity index (χ1) is 10.1. The van der Waals surface area contributed by atoms with Gasteiger partial charge in [0.25, 0.3) is 0 Å². The lowest BCUT2D eigenvalue weighted by Crippen LogP contribution is -2.05. The number of nitrogens with zero attached hydrogens (tertiary/aromatic N) is 3. The van der Waals surface area contributed by atoms with Gasteiger partial charge >= 0.3 is 0 Å². The molecule has 0 fully saturated rings. The zero-order valence-electron chi connectivity index (χ0n) is 11.0. The summed E-state index contributed by atoms with van der Waals surface area (Å²) in [7, 11) is 0. The Kier molecular flexibility index (Phi) is 3.53. The van der Waals surface area contributed by atoms with Gasteiger partial charge in [-0.05, 0) is 23.7 Å². The highest BCUT2D eigenvalue weighted by molar-refractivity contribution is 6.33. The van der Waals surface area contributed by atoms with Crippen LogP contribution in [0.25, 0.3) is 10.9 Å². The number of rotatable bonds is 2. The van der Waals surface area contributed by atoms with E-state index in [-0.39, 0.29) is 11.2 Å². The highest BCUT2D eigenvalue weighted by Crippen LogP contribution is 2.29. The van der Waals surface area contributed by atoms with Crippen molar-refractivity contribution in [3.05, 3.63) is 47.0 Å². The molecule has 5 nitrogen and oxygen atoms in total. The first-order valence-electron chi connectivity index (χ1n) is 6.12. The highest BCUT2D eigenvalue weighted by Gasteiger charge is 2.11. The lowest BCUT2D eigenvalue weighted by Gasteiger charge is -2.10. The maximum atomic E-state index is 11.7.